The summed E-state index contributed by atoms with van der Waals surface area (Å²) in [5.74, 6) is 0.119. The first-order valence-corrected chi connectivity index (χ1v) is 10.1. The van der Waals surface area contributed by atoms with Crippen molar-refractivity contribution in [3.63, 3.8) is 0 Å². The second kappa shape index (κ2) is 6.07. The monoisotopic (exact) mass is 358 g/mol. The number of carbonyl (C=O) groups excluding carboxylic acids is 2. The number of carbonyl (C=O) groups is 2. The van der Waals surface area contributed by atoms with Gasteiger partial charge in [-0.3, -0.25) is 14.5 Å². The molecule has 1 atom stereocenters. The Hall–Kier alpha value is -2.54. The Morgan fingerprint density at radius 2 is 2.04 bits per heavy atom. The van der Waals surface area contributed by atoms with Gasteiger partial charge in [-0.1, -0.05) is 24.3 Å². The molecule has 1 aromatic rings. The van der Waals surface area contributed by atoms with Crippen LogP contribution in [0, 0.1) is 0 Å². The van der Waals surface area contributed by atoms with Crippen molar-refractivity contribution in [2.24, 2.45) is 10.7 Å². The van der Waals surface area contributed by atoms with E-state index in [1.165, 1.54) is 4.90 Å². The molecule has 0 aliphatic carbocycles. The highest BCUT2D eigenvalue weighted by molar-refractivity contribution is 8.49. The summed E-state index contributed by atoms with van der Waals surface area (Å²) in [5, 5.41) is 6.82. The minimum Gasteiger partial charge on any atom is -0.369 e. The van der Waals surface area contributed by atoms with Crippen molar-refractivity contribution >= 4 is 32.8 Å². The highest BCUT2D eigenvalue weighted by Crippen LogP contribution is 2.51. The summed E-state index contributed by atoms with van der Waals surface area (Å²) >= 11 is 0. The molecule has 25 heavy (non-hydrogen) atoms. The third-order valence-electron chi connectivity index (χ3n) is 4.54. The Bertz CT molecular complexity index is 818. The fourth-order valence-corrected chi connectivity index (χ4v) is 4.33. The van der Waals surface area contributed by atoms with Crippen molar-refractivity contribution in [3.05, 3.63) is 52.8 Å². The van der Waals surface area contributed by atoms with Crippen LogP contribution in [0.4, 0.5) is 10.5 Å². The minimum absolute atomic E-state index is 0.0257. The van der Waals surface area contributed by atoms with Crippen LogP contribution in [0.3, 0.4) is 0 Å². The maximum absolute atomic E-state index is 12.6. The number of hydrogen-bond donors (Lipinski definition) is 2. The fourth-order valence-electron chi connectivity index (χ4n) is 2.82. The van der Waals surface area contributed by atoms with E-state index in [1.54, 1.807) is 7.05 Å². The minimum atomic E-state index is -1.58. The number of nitrogens with one attached hydrogen (secondary N) is 1. The zero-order valence-corrected chi connectivity index (χ0v) is 15.3. The Morgan fingerprint density at radius 1 is 1.36 bits per heavy atom. The van der Waals surface area contributed by atoms with Gasteiger partial charge in [0.2, 0.25) is 5.91 Å². The summed E-state index contributed by atoms with van der Waals surface area (Å²) < 4.78 is 0. The highest BCUT2D eigenvalue weighted by atomic mass is 32.3. The van der Waals surface area contributed by atoms with Gasteiger partial charge in [-0.25, -0.2) is 4.99 Å². The lowest BCUT2D eigenvalue weighted by Crippen LogP contribution is -2.47. The van der Waals surface area contributed by atoms with E-state index < -0.39 is 15.6 Å². The van der Waals surface area contributed by atoms with Crippen molar-refractivity contribution in [2.45, 2.75) is 18.9 Å². The van der Waals surface area contributed by atoms with Gasteiger partial charge in [-0.05, 0) is 41.7 Å². The fraction of sp³-hybridized carbons (Fsp3) is 0.278. The van der Waals surface area contributed by atoms with Gasteiger partial charge >= 0.3 is 0 Å². The summed E-state index contributed by atoms with van der Waals surface area (Å²) in [6, 6.07) is 7.44. The number of aliphatic imine (C=N–C) groups is 1. The molecule has 0 fully saturated rings. The molecule has 132 valence electrons. The number of hydrogen-bond acceptors (Lipinski definition) is 4. The van der Waals surface area contributed by atoms with Crippen LogP contribution in [-0.2, 0) is 10.3 Å². The third kappa shape index (κ3) is 3.19. The van der Waals surface area contributed by atoms with Gasteiger partial charge in [0.15, 0.2) is 5.96 Å². The summed E-state index contributed by atoms with van der Waals surface area (Å²) in [6.45, 7) is 1.88. The smallest absolute Gasteiger partial charge is 0.272 e. The van der Waals surface area contributed by atoms with Crippen LogP contribution in [-0.4, -0.2) is 35.3 Å². The number of benzene rings is 1. The molecule has 0 spiro atoms. The summed E-state index contributed by atoms with van der Waals surface area (Å²) in [6.07, 6.45) is 5.96. The molecule has 0 unspecified atom stereocenters. The van der Waals surface area contributed by atoms with Crippen LogP contribution >= 0.6 is 10.0 Å². The van der Waals surface area contributed by atoms with E-state index in [4.69, 9.17) is 5.73 Å². The third-order valence-corrected chi connectivity index (χ3v) is 6.88. The molecule has 0 saturated heterocycles. The first kappa shape index (κ1) is 17.3. The van der Waals surface area contributed by atoms with Gasteiger partial charge < -0.3 is 11.1 Å². The van der Waals surface area contributed by atoms with Gasteiger partial charge in [-0.2, -0.15) is 0 Å². The summed E-state index contributed by atoms with van der Waals surface area (Å²) in [4.78, 5) is 30.6. The Kier molecular flexibility index (Phi) is 4.20. The SMILES string of the molecule is CN1C(=O)C[C@@](C)(c2cccc(NC(=O)S3(C)C=CC=C3)c2)N=C1N. The molecular weight excluding hydrogens is 336 g/mol. The van der Waals surface area contributed by atoms with E-state index in [2.05, 4.69) is 10.3 Å². The molecule has 3 rings (SSSR count). The highest BCUT2D eigenvalue weighted by Gasteiger charge is 2.36. The lowest BCUT2D eigenvalue weighted by atomic mass is 9.87. The Labute approximate surface area is 148 Å². The molecule has 2 heterocycles. The van der Waals surface area contributed by atoms with Crippen molar-refractivity contribution < 1.29 is 9.59 Å². The molecule has 3 N–H and O–H groups in total. The second-order valence-electron chi connectivity index (χ2n) is 6.57. The first-order chi connectivity index (χ1) is 11.7. The van der Waals surface area contributed by atoms with Crippen LogP contribution in [0.25, 0.3) is 0 Å². The Morgan fingerprint density at radius 3 is 2.68 bits per heavy atom. The normalized spacial score (nSPS) is 25.6. The molecule has 1 aromatic carbocycles. The van der Waals surface area contributed by atoms with Crippen LogP contribution in [0.5, 0.6) is 0 Å². The van der Waals surface area contributed by atoms with Crippen LogP contribution in [0.2, 0.25) is 0 Å². The molecule has 0 radical (unpaired) electrons. The van der Waals surface area contributed by atoms with E-state index in [1.807, 2.05) is 60.4 Å². The van der Waals surface area contributed by atoms with Gasteiger partial charge in [0, 0.05) is 12.7 Å². The number of amides is 2. The number of nitrogens with zero attached hydrogens (tertiary/aromatic N) is 2. The van der Waals surface area contributed by atoms with Crippen LogP contribution in [0.1, 0.15) is 18.9 Å². The molecule has 2 aliphatic rings. The average molecular weight is 358 g/mol. The van der Waals surface area contributed by atoms with Crippen molar-refractivity contribution in [2.75, 3.05) is 18.6 Å². The molecule has 2 amide bonds. The maximum Gasteiger partial charge on any atom is 0.272 e. The molecule has 0 aromatic heterocycles. The summed E-state index contributed by atoms with van der Waals surface area (Å²) in [5.41, 5.74) is 6.66. The predicted molar refractivity (Wildman–Crippen MR) is 104 cm³/mol. The largest absolute Gasteiger partial charge is 0.369 e. The molecule has 7 heteroatoms. The zero-order chi connectivity index (χ0) is 18.2. The van der Waals surface area contributed by atoms with Gasteiger partial charge in [0.05, 0.1) is 12.0 Å². The maximum atomic E-state index is 12.6. The van der Waals surface area contributed by atoms with E-state index >= 15 is 0 Å². The van der Waals surface area contributed by atoms with Crippen LogP contribution in [0.15, 0.2) is 52.2 Å². The van der Waals surface area contributed by atoms with Crippen LogP contribution < -0.4 is 11.1 Å². The quantitative estimate of drug-likeness (QED) is 0.851. The van der Waals surface area contributed by atoms with E-state index in [-0.39, 0.29) is 23.5 Å². The topological polar surface area (TPSA) is 87.8 Å². The standard InChI is InChI=1S/C18H22N4O2S/c1-18(12-15(23)22(2)16(19)21-18)13-7-6-8-14(11-13)20-17(24)25(3)9-4-5-10-25/h4-11H,12H2,1-3H3,(H2,19,21)(H,20,24)/t18-/m0/s1. The second-order valence-corrected chi connectivity index (χ2v) is 9.58. The van der Waals surface area contributed by atoms with E-state index in [9.17, 15) is 9.59 Å². The number of anilines is 1. The molecule has 0 saturated carbocycles. The first-order valence-electron chi connectivity index (χ1n) is 7.90. The van der Waals surface area contributed by atoms with Gasteiger partial charge in [0.1, 0.15) is 0 Å². The van der Waals surface area contributed by atoms with Gasteiger partial charge in [-0.15, -0.1) is 10.0 Å². The number of allylic oxidation sites excluding steroid dienone is 2. The van der Waals surface area contributed by atoms with Crippen molar-refractivity contribution in [3.8, 4) is 0 Å². The predicted octanol–water partition coefficient (Wildman–Crippen LogP) is 3.09. The molecule has 0 bridgehead atoms. The lowest BCUT2D eigenvalue weighted by Gasteiger charge is -2.34. The average Bonchev–Trinajstić information content (AvgIpc) is 3.01. The molecular formula is C18H22N4O2S. The zero-order valence-electron chi connectivity index (χ0n) is 14.5. The summed E-state index contributed by atoms with van der Waals surface area (Å²) in [7, 11) is 0.0367. The Balaban J connectivity index is 1.87. The molecule has 2 aliphatic heterocycles. The molecule has 6 nitrogen and oxygen atoms in total. The number of guanidine groups is 1. The van der Waals surface area contributed by atoms with Gasteiger partial charge in [0.25, 0.3) is 5.24 Å². The number of nitrogens with two attached hydrogens (primary N) is 1. The van der Waals surface area contributed by atoms with Crippen molar-refractivity contribution in [1.29, 1.82) is 0 Å². The lowest BCUT2D eigenvalue weighted by molar-refractivity contribution is -0.128. The van der Waals surface area contributed by atoms with Crippen molar-refractivity contribution in [1.82, 2.24) is 4.90 Å². The van der Waals surface area contributed by atoms with E-state index in [0.717, 1.165) is 5.56 Å². The van der Waals surface area contributed by atoms with E-state index in [0.29, 0.717) is 5.69 Å². The number of rotatable bonds is 2.